The first-order valence-electron chi connectivity index (χ1n) is 6.69. The van der Waals surface area contributed by atoms with Gasteiger partial charge >= 0.3 is 5.97 Å². The highest BCUT2D eigenvalue weighted by Gasteiger charge is 2.22. The SMILES string of the molecule is COC(=O)C(Nc1ccccc1Br)c1ccc(C)c(C)c1. The van der Waals surface area contributed by atoms with Gasteiger partial charge in [-0.1, -0.05) is 30.3 Å². The molecule has 2 aromatic carbocycles. The number of hydrogen-bond acceptors (Lipinski definition) is 3. The zero-order valence-electron chi connectivity index (χ0n) is 12.3. The Morgan fingerprint density at radius 1 is 1.14 bits per heavy atom. The van der Waals surface area contributed by atoms with Crippen molar-refractivity contribution in [2.24, 2.45) is 0 Å². The van der Waals surface area contributed by atoms with Crippen LogP contribution in [0.25, 0.3) is 0 Å². The number of benzene rings is 2. The predicted octanol–water partition coefficient (Wildman–Crippen LogP) is 4.39. The number of hydrogen-bond donors (Lipinski definition) is 1. The normalized spacial score (nSPS) is 11.8. The summed E-state index contributed by atoms with van der Waals surface area (Å²) in [7, 11) is 1.40. The molecule has 0 aliphatic carbocycles. The van der Waals surface area contributed by atoms with Crippen molar-refractivity contribution in [2.45, 2.75) is 19.9 Å². The van der Waals surface area contributed by atoms with Crippen molar-refractivity contribution in [1.82, 2.24) is 0 Å². The van der Waals surface area contributed by atoms with Crippen LogP contribution in [0, 0.1) is 13.8 Å². The summed E-state index contributed by atoms with van der Waals surface area (Å²) in [5.74, 6) is -0.311. The molecular formula is C17H18BrNO2. The van der Waals surface area contributed by atoms with Gasteiger partial charge < -0.3 is 10.1 Å². The van der Waals surface area contributed by atoms with Crippen LogP contribution in [0.1, 0.15) is 22.7 Å². The Balaban J connectivity index is 2.37. The molecule has 0 aliphatic heterocycles. The fourth-order valence-corrected chi connectivity index (χ4v) is 2.47. The van der Waals surface area contributed by atoms with E-state index in [0.717, 1.165) is 21.3 Å². The van der Waals surface area contributed by atoms with Gasteiger partial charge in [0.15, 0.2) is 6.04 Å². The van der Waals surface area contributed by atoms with Gasteiger partial charge in [-0.05, 0) is 58.6 Å². The molecule has 2 aromatic rings. The number of carbonyl (C=O) groups is 1. The number of ether oxygens (including phenoxy) is 1. The molecule has 0 saturated carbocycles. The third-order valence-corrected chi connectivity index (χ3v) is 4.17. The molecule has 0 radical (unpaired) electrons. The number of halogens is 1. The molecule has 0 aromatic heterocycles. The topological polar surface area (TPSA) is 38.3 Å². The molecule has 1 unspecified atom stereocenters. The fourth-order valence-electron chi connectivity index (χ4n) is 2.07. The molecular weight excluding hydrogens is 330 g/mol. The van der Waals surface area contributed by atoms with Gasteiger partial charge in [-0.3, -0.25) is 0 Å². The van der Waals surface area contributed by atoms with Gasteiger partial charge in [0.05, 0.1) is 7.11 Å². The van der Waals surface area contributed by atoms with E-state index < -0.39 is 6.04 Å². The van der Waals surface area contributed by atoms with E-state index in [-0.39, 0.29) is 5.97 Å². The van der Waals surface area contributed by atoms with Crippen molar-refractivity contribution < 1.29 is 9.53 Å². The summed E-state index contributed by atoms with van der Waals surface area (Å²) in [6, 6.07) is 13.1. The first kappa shape index (κ1) is 15.6. The first-order valence-corrected chi connectivity index (χ1v) is 7.48. The third kappa shape index (κ3) is 3.64. The van der Waals surface area contributed by atoms with Crippen molar-refractivity contribution in [1.29, 1.82) is 0 Å². The molecule has 1 atom stereocenters. The van der Waals surface area contributed by atoms with Crippen LogP contribution in [0.5, 0.6) is 0 Å². The quantitative estimate of drug-likeness (QED) is 0.833. The molecule has 0 amide bonds. The van der Waals surface area contributed by atoms with E-state index in [0.29, 0.717) is 0 Å². The molecule has 0 fully saturated rings. The van der Waals surface area contributed by atoms with Gasteiger partial charge in [0, 0.05) is 10.2 Å². The lowest BCUT2D eigenvalue weighted by Gasteiger charge is -2.19. The first-order chi connectivity index (χ1) is 10.0. The highest BCUT2D eigenvalue weighted by molar-refractivity contribution is 9.10. The second kappa shape index (κ2) is 6.76. The lowest BCUT2D eigenvalue weighted by molar-refractivity contribution is -0.141. The van der Waals surface area contributed by atoms with Crippen LogP contribution >= 0.6 is 15.9 Å². The van der Waals surface area contributed by atoms with E-state index >= 15 is 0 Å². The molecule has 21 heavy (non-hydrogen) atoms. The summed E-state index contributed by atoms with van der Waals surface area (Å²) >= 11 is 3.48. The standard InChI is InChI=1S/C17H18BrNO2/c1-11-8-9-13(10-12(11)2)16(17(20)21-3)19-15-7-5-4-6-14(15)18/h4-10,16,19H,1-3H3. The van der Waals surface area contributed by atoms with Gasteiger partial charge in [-0.15, -0.1) is 0 Å². The van der Waals surface area contributed by atoms with Gasteiger partial charge in [-0.2, -0.15) is 0 Å². The molecule has 2 rings (SSSR count). The Morgan fingerprint density at radius 2 is 1.86 bits per heavy atom. The second-order valence-corrected chi connectivity index (χ2v) is 5.78. The molecule has 3 nitrogen and oxygen atoms in total. The van der Waals surface area contributed by atoms with E-state index in [9.17, 15) is 4.79 Å². The van der Waals surface area contributed by atoms with E-state index in [2.05, 4.69) is 21.2 Å². The minimum Gasteiger partial charge on any atom is -0.467 e. The van der Waals surface area contributed by atoms with Crippen molar-refractivity contribution in [3.63, 3.8) is 0 Å². The van der Waals surface area contributed by atoms with Gasteiger partial charge in [0.25, 0.3) is 0 Å². The van der Waals surface area contributed by atoms with Crippen LogP contribution in [0.15, 0.2) is 46.9 Å². The highest BCUT2D eigenvalue weighted by atomic mass is 79.9. The monoisotopic (exact) mass is 347 g/mol. The Morgan fingerprint density at radius 3 is 2.48 bits per heavy atom. The van der Waals surface area contributed by atoms with Crippen molar-refractivity contribution in [2.75, 3.05) is 12.4 Å². The number of nitrogens with one attached hydrogen (secondary N) is 1. The van der Waals surface area contributed by atoms with E-state index in [1.807, 2.05) is 56.3 Å². The number of methoxy groups -OCH3 is 1. The minimum atomic E-state index is -0.534. The lowest BCUT2D eigenvalue weighted by Crippen LogP contribution is -2.22. The summed E-state index contributed by atoms with van der Waals surface area (Å²) in [5, 5.41) is 3.24. The summed E-state index contributed by atoms with van der Waals surface area (Å²) in [6.45, 7) is 4.08. The number of aryl methyl sites for hydroxylation is 2. The Hall–Kier alpha value is -1.81. The van der Waals surface area contributed by atoms with Crippen LogP contribution in [0.2, 0.25) is 0 Å². The fraction of sp³-hybridized carbons (Fsp3) is 0.235. The molecule has 0 spiro atoms. The van der Waals surface area contributed by atoms with Crippen LogP contribution in [0.3, 0.4) is 0 Å². The molecule has 0 bridgehead atoms. The number of anilines is 1. The Labute approximate surface area is 133 Å². The second-order valence-electron chi connectivity index (χ2n) is 4.92. The van der Waals surface area contributed by atoms with Crippen LogP contribution in [-0.2, 0) is 9.53 Å². The largest absolute Gasteiger partial charge is 0.467 e. The molecule has 0 saturated heterocycles. The van der Waals surface area contributed by atoms with E-state index in [4.69, 9.17) is 4.74 Å². The average molecular weight is 348 g/mol. The zero-order valence-corrected chi connectivity index (χ0v) is 13.9. The van der Waals surface area contributed by atoms with Gasteiger partial charge in [0.1, 0.15) is 0 Å². The zero-order chi connectivity index (χ0) is 15.4. The summed E-state index contributed by atoms with van der Waals surface area (Å²) in [5.41, 5.74) is 4.09. The smallest absolute Gasteiger partial charge is 0.332 e. The molecule has 1 N–H and O–H groups in total. The highest BCUT2D eigenvalue weighted by Crippen LogP contribution is 2.28. The van der Waals surface area contributed by atoms with Crippen molar-refractivity contribution in [3.8, 4) is 0 Å². The molecule has 110 valence electrons. The van der Waals surface area contributed by atoms with E-state index in [1.165, 1.54) is 12.7 Å². The maximum atomic E-state index is 12.1. The number of para-hydroxylation sites is 1. The maximum Gasteiger partial charge on any atom is 0.332 e. The Bertz CT molecular complexity index is 655. The predicted molar refractivity (Wildman–Crippen MR) is 88.4 cm³/mol. The maximum absolute atomic E-state index is 12.1. The third-order valence-electron chi connectivity index (χ3n) is 3.47. The summed E-state index contributed by atoms with van der Waals surface area (Å²) < 4.78 is 5.84. The minimum absolute atomic E-state index is 0.311. The van der Waals surface area contributed by atoms with Crippen molar-refractivity contribution in [3.05, 3.63) is 63.6 Å². The number of esters is 1. The number of rotatable bonds is 4. The lowest BCUT2D eigenvalue weighted by atomic mass is 10.0. The van der Waals surface area contributed by atoms with Gasteiger partial charge in [-0.25, -0.2) is 4.79 Å². The summed E-state index contributed by atoms with van der Waals surface area (Å²) in [4.78, 5) is 12.1. The van der Waals surface area contributed by atoms with E-state index in [1.54, 1.807) is 0 Å². The average Bonchev–Trinajstić information content (AvgIpc) is 2.48. The van der Waals surface area contributed by atoms with Crippen LogP contribution in [0.4, 0.5) is 5.69 Å². The summed E-state index contributed by atoms with van der Waals surface area (Å²) in [6.07, 6.45) is 0. The van der Waals surface area contributed by atoms with Crippen LogP contribution < -0.4 is 5.32 Å². The molecule has 4 heteroatoms. The van der Waals surface area contributed by atoms with Crippen molar-refractivity contribution >= 4 is 27.6 Å². The Kier molecular flexibility index (Phi) is 5.02. The molecule has 0 heterocycles. The number of carbonyl (C=O) groups excluding carboxylic acids is 1. The van der Waals surface area contributed by atoms with Crippen LogP contribution in [-0.4, -0.2) is 13.1 Å². The molecule has 0 aliphatic rings. The van der Waals surface area contributed by atoms with Gasteiger partial charge in [0.2, 0.25) is 0 Å².